The van der Waals surface area contributed by atoms with E-state index in [0.29, 0.717) is 15.6 Å². The van der Waals surface area contributed by atoms with E-state index >= 15 is 0 Å². The van der Waals surface area contributed by atoms with E-state index < -0.39 is 6.16 Å². The van der Waals surface area contributed by atoms with E-state index in [4.69, 9.17) is 32.7 Å². The van der Waals surface area contributed by atoms with Crippen molar-refractivity contribution in [2.45, 2.75) is 0 Å². The third-order valence-electron chi connectivity index (χ3n) is 1.90. The van der Waals surface area contributed by atoms with Gasteiger partial charge >= 0.3 is 6.16 Å². The maximum Gasteiger partial charge on any atom is 0.512 e. The largest absolute Gasteiger partial charge is 0.512 e. The molecule has 0 atom stereocenters. The summed E-state index contributed by atoms with van der Waals surface area (Å²) < 4.78 is 9.49. The lowest BCUT2D eigenvalue weighted by Crippen LogP contribution is -2.03. The van der Waals surface area contributed by atoms with Gasteiger partial charge < -0.3 is 14.3 Å². The number of carbonyl (C=O) groups is 1. The van der Waals surface area contributed by atoms with Gasteiger partial charge in [0.2, 0.25) is 0 Å². The summed E-state index contributed by atoms with van der Waals surface area (Å²) in [5, 5.41) is 9.21. The van der Waals surface area contributed by atoms with Crippen molar-refractivity contribution < 1.29 is 19.1 Å². The van der Waals surface area contributed by atoms with Gasteiger partial charge in [-0.1, -0.05) is 23.2 Å². The van der Waals surface area contributed by atoms with Crippen LogP contribution in [-0.2, 0) is 0 Å². The van der Waals surface area contributed by atoms with Crippen LogP contribution in [-0.4, -0.2) is 16.2 Å². The van der Waals surface area contributed by atoms with Crippen LogP contribution in [0.2, 0.25) is 10.0 Å². The molecule has 7 heteroatoms. The summed E-state index contributed by atoms with van der Waals surface area (Å²) in [5.74, 6) is 0.0295. The smallest absolute Gasteiger partial charge is 0.449 e. The summed E-state index contributed by atoms with van der Waals surface area (Å²) in [6.45, 7) is 0. The molecule has 0 bridgehead atoms. The topological polar surface area (TPSA) is 72.6 Å². The van der Waals surface area contributed by atoms with E-state index in [1.165, 1.54) is 6.07 Å². The molecular weight excluding hydrogens is 269 g/mol. The number of benzene rings is 1. The van der Waals surface area contributed by atoms with E-state index in [2.05, 4.69) is 9.72 Å². The van der Waals surface area contributed by atoms with Gasteiger partial charge in [0.25, 0.3) is 5.88 Å². The van der Waals surface area contributed by atoms with Crippen LogP contribution in [0.3, 0.4) is 0 Å². The Morgan fingerprint density at radius 3 is 2.76 bits per heavy atom. The lowest BCUT2D eigenvalue weighted by atomic mass is 10.2. The second-order valence-electron chi connectivity index (χ2n) is 2.98. The van der Waals surface area contributed by atoms with Crippen molar-refractivity contribution in [2.75, 3.05) is 0 Å². The number of hydrogen-bond acceptors (Lipinski definition) is 4. The summed E-state index contributed by atoms with van der Waals surface area (Å²) in [5.41, 5.74) is 0.521. The molecule has 0 saturated heterocycles. The zero-order valence-corrected chi connectivity index (χ0v) is 9.70. The molecule has 0 aliphatic heterocycles. The summed E-state index contributed by atoms with van der Waals surface area (Å²) in [4.78, 5) is 14.1. The predicted octanol–water partition coefficient (Wildman–Crippen LogP) is 3.71. The molecule has 0 radical (unpaired) electrons. The molecule has 0 fully saturated rings. The number of nitrogens with zero attached hydrogens (tertiary/aromatic N) is 1. The minimum atomic E-state index is -1.47. The monoisotopic (exact) mass is 273 g/mol. The first-order chi connectivity index (χ1) is 8.08. The number of carboxylic acid groups (broad SMARTS) is 1. The second-order valence-corrected chi connectivity index (χ2v) is 3.80. The predicted molar refractivity (Wildman–Crippen MR) is 60.6 cm³/mol. The first-order valence-electron chi connectivity index (χ1n) is 4.37. The van der Waals surface area contributed by atoms with Crippen LogP contribution >= 0.6 is 23.2 Å². The second kappa shape index (κ2) is 4.65. The van der Waals surface area contributed by atoms with Gasteiger partial charge in [-0.3, -0.25) is 0 Å². The van der Waals surface area contributed by atoms with Crippen molar-refractivity contribution in [2.24, 2.45) is 0 Å². The molecule has 88 valence electrons. The lowest BCUT2D eigenvalue weighted by molar-refractivity contribution is 0.143. The molecule has 0 amide bonds. The zero-order chi connectivity index (χ0) is 12.4. The fourth-order valence-electron chi connectivity index (χ4n) is 1.22. The van der Waals surface area contributed by atoms with Crippen molar-refractivity contribution in [3.63, 3.8) is 0 Å². The summed E-state index contributed by atoms with van der Waals surface area (Å²) in [6.07, 6.45) is -0.393. The fourth-order valence-corrected chi connectivity index (χ4v) is 1.52. The van der Waals surface area contributed by atoms with Crippen molar-refractivity contribution in [3.8, 4) is 17.2 Å². The van der Waals surface area contributed by atoms with Crippen molar-refractivity contribution in [1.82, 2.24) is 4.98 Å². The van der Waals surface area contributed by atoms with Gasteiger partial charge in [0.05, 0.1) is 10.0 Å². The SMILES string of the molecule is O=C(O)Oc1ncoc1-c1ccc(Cl)c(Cl)c1. The Balaban J connectivity index is 2.42. The fraction of sp³-hybridized carbons (Fsp3) is 0. The van der Waals surface area contributed by atoms with Gasteiger partial charge in [0.1, 0.15) is 0 Å². The maximum atomic E-state index is 10.4. The first-order valence-corrected chi connectivity index (χ1v) is 5.13. The van der Waals surface area contributed by atoms with Crippen molar-refractivity contribution >= 4 is 29.4 Å². The highest BCUT2D eigenvalue weighted by Crippen LogP contribution is 2.33. The number of ether oxygens (including phenoxy) is 1. The molecular formula is C10H5Cl2NO4. The average Bonchev–Trinajstić information content (AvgIpc) is 2.69. The Hall–Kier alpha value is -1.72. The van der Waals surface area contributed by atoms with Crippen LogP contribution in [0.15, 0.2) is 29.0 Å². The molecule has 1 aromatic carbocycles. The molecule has 0 unspecified atom stereocenters. The zero-order valence-electron chi connectivity index (χ0n) is 8.18. The number of halogens is 2. The quantitative estimate of drug-likeness (QED) is 0.845. The van der Waals surface area contributed by atoms with Gasteiger partial charge in [0, 0.05) is 5.56 Å². The van der Waals surface area contributed by atoms with Gasteiger partial charge in [0.15, 0.2) is 12.2 Å². The minimum Gasteiger partial charge on any atom is -0.449 e. The Morgan fingerprint density at radius 2 is 2.12 bits per heavy atom. The lowest BCUT2D eigenvalue weighted by Gasteiger charge is -2.01. The molecule has 2 rings (SSSR count). The molecule has 5 nitrogen and oxygen atoms in total. The molecule has 0 spiro atoms. The van der Waals surface area contributed by atoms with Gasteiger partial charge in [-0.05, 0) is 18.2 Å². The van der Waals surface area contributed by atoms with Gasteiger partial charge in [-0.25, -0.2) is 4.79 Å². The van der Waals surface area contributed by atoms with Crippen LogP contribution in [0.25, 0.3) is 11.3 Å². The van der Waals surface area contributed by atoms with E-state index in [-0.39, 0.29) is 11.6 Å². The molecule has 1 aromatic heterocycles. The van der Waals surface area contributed by atoms with Crippen molar-refractivity contribution in [1.29, 1.82) is 0 Å². The van der Waals surface area contributed by atoms with Crippen LogP contribution in [0.4, 0.5) is 4.79 Å². The standard InChI is InChI=1S/C10H5Cl2NO4/c11-6-2-1-5(3-7(6)12)8-9(13-4-16-8)17-10(14)15/h1-4H,(H,14,15). The molecule has 0 aliphatic carbocycles. The Morgan fingerprint density at radius 1 is 1.35 bits per heavy atom. The normalized spacial score (nSPS) is 10.2. The van der Waals surface area contributed by atoms with E-state index in [0.717, 1.165) is 6.39 Å². The summed E-state index contributed by atoms with van der Waals surface area (Å²) in [6, 6.07) is 4.70. The third kappa shape index (κ3) is 2.51. The molecule has 2 aromatic rings. The van der Waals surface area contributed by atoms with Crippen molar-refractivity contribution in [3.05, 3.63) is 34.6 Å². The van der Waals surface area contributed by atoms with Crippen LogP contribution in [0.5, 0.6) is 5.88 Å². The summed E-state index contributed by atoms with van der Waals surface area (Å²) >= 11 is 11.6. The highest BCUT2D eigenvalue weighted by atomic mass is 35.5. The number of rotatable bonds is 2. The molecule has 17 heavy (non-hydrogen) atoms. The molecule has 1 N–H and O–H groups in total. The minimum absolute atomic E-state index is 0.143. The Labute approximate surface area is 106 Å². The highest BCUT2D eigenvalue weighted by Gasteiger charge is 2.16. The molecule has 1 heterocycles. The average molecular weight is 274 g/mol. The first kappa shape index (κ1) is 11.8. The van der Waals surface area contributed by atoms with Gasteiger partial charge in [-0.15, -0.1) is 0 Å². The van der Waals surface area contributed by atoms with Gasteiger partial charge in [-0.2, -0.15) is 4.98 Å². The number of oxazole rings is 1. The summed E-state index contributed by atoms with van der Waals surface area (Å²) in [7, 11) is 0. The highest BCUT2D eigenvalue weighted by molar-refractivity contribution is 6.42. The van der Waals surface area contributed by atoms with E-state index in [9.17, 15) is 4.79 Å². The van der Waals surface area contributed by atoms with E-state index in [1.54, 1.807) is 12.1 Å². The molecule has 0 saturated carbocycles. The Kier molecular flexibility index (Phi) is 3.21. The van der Waals surface area contributed by atoms with E-state index in [1.807, 2.05) is 0 Å². The third-order valence-corrected chi connectivity index (χ3v) is 2.64. The number of aromatic nitrogens is 1. The van der Waals surface area contributed by atoms with Crippen LogP contribution in [0, 0.1) is 0 Å². The van der Waals surface area contributed by atoms with Crippen LogP contribution in [0.1, 0.15) is 0 Å². The number of hydrogen-bond donors (Lipinski definition) is 1. The van der Waals surface area contributed by atoms with Crippen LogP contribution < -0.4 is 4.74 Å². The maximum absolute atomic E-state index is 10.4. The molecule has 0 aliphatic rings. The Bertz CT molecular complexity index is 567.